The van der Waals surface area contributed by atoms with Gasteiger partial charge in [-0.2, -0.15) is 8.78 Å². The second-order valence-corrected chi connectivity index (χ2v) is 7.66. The first-order valence-electron chi connectivity index (χ1n) is 10.1. The lowest BCUT2D eigenvalue weighted by atomic mass is 9.95. The van der Waals surface area contributed by atoms with Gasteiger partial charge < -0.3 is 19.3 Å². The molecular formula is C21H28F2N2O4. The summed E-state index contributed by atoms with van der Waals surface area (Å²) < 4.78 is 34.9. The maximum atomic E-state index is 12.8. The van der Waals surface area contributed by atoms with E-state index in [1.54, 1.807) is 31.0 Å². The number of ether oxygens (including phenoxy) is 2. The van der Waals surface area contributed by atoms with Gasteiger partial charge in [-0.3, -0.25) is 9.59 Å². The smallest absolute Gasteiger partial charge is 0.387 e. The van der Waals surface area contributed by atoms with E-state index in [0.717, 1.165) is 18.4 Å². The van der Waals surface area contributed by atoms with Crippen molar-refractivity contribution in [3.63, 3.8) is 0 Å². The highest BCUT2D eigenvalue weighted by atomic mass is 19.3. The molecule has 1 aromatic rings. The van der Waals surface area contributed by atoms with Gasteiger partial charge in [0.1, 0.15) is 0 Å². The van der Waals surface area contributed by atoms with Crippen LogP contribution in [-0.2, 0) is 16.1 Å². The summed E-state index contributed by atoms with van der Waals surface area (Å²) in [6.07, 6.45) is 3.33. The van der Waals surface area contributed by atoms with Crippen LogP contribution in [-0.4, -0.2) is 55.0 Å². The minimum Gasteiger partial charge on any atom is -0.490 e. The molecule has 1 aromatic carbocycles. The van der Waals surface area contributed by atoms with Gasteiger partial charge in [0.15, 0.2) is 11.5 Å². The largest absolute Gasteiger partial charge is 0.490 e. The molecule has 29 heavy (non-hydrogen) atoms. The summed E-state index contributed by atoms with van der Waals surface area (Å²) in [5.74, 6) is 0.594. The highest BCUT2D eigenvalue weighted by Gasteiger charge is 2.36. The molecule has 2 aliphatic rings. The Morgan fingerprint density at radius 1 is 1.14 bits per heavy atom. The topological polar surface area (TPSA) is 59.1 Å². The molecule has 0 atom stereocenters. The van der Waals surface area contributed by atoms with E-state index in [1.807, 2.05) is 4.90 Å². The van der Waals surface area contributed by atoms with Crippen molar-refractivity contribution in [2.75, 3.05) is 26.7 Å². The quantitative estimate of drug-likeness (QED) is 0.660. The molecule has 0 spiro atoms. The molecule has 2 amide bonds. The van der Waals surface area contributed by atoms with Crippen molar-refractivity contribution in [1.82, 2.24) is 9.80 Å². The summed E-state index contributed by atoms with van der Waals surface area (Å²) in [5, 5.41) is 0. The lowest BCUT2D eigenvalue weighted by Gasteiger charge is -2.33. The zero-order valence-corrected chi connectivity index (χ0v) is 16.9. The van der Waals surface area contributed by atoms with Crippen molar-refractivity contribution in [3.8, 4) is 11.5 Å². The molecule has 6 nitrogen and oxygen atoms in total. The second-order valence-electron chi connectivity index (χ2n) is 7.66. The van der Waals surface area contributed by atoms with E-state index >= 15 is 0 Å². The molecule has 1 saturated heterocycles. The lowest BCUT2D eigenvalue weighted by Crippen LogP contribution is -2.43. The first-order valence-corrected chi connectivity index (χ1v) is 10.1. The summed E-state index contributed by atoms with van der Waals surface area (Å²) >= 11 is 0. The van der Waals surface area contributed by atoms with Gasteiger partial charge in [0.2, 0.25) is 11.8 Å². The molecular weight excluding hydrogens is 382 g/mol. The predicted molar refractivity (Wildman–Crippen MR) is 103 cm³/mol. The van der Waals surface area contributed by atoms with Gasteiger partial charge >= 0.3 is 6.61 Å². The third-order valence-electron chi connectivity index (χ3n) is 5.40. The molecule has 1 aliphatic carbocycles. The van der Waals surface area contributed by atoms with Crippen molar-refractivity contribution in [2.24, 2.45) is 11.8 Å². The number of alkyl halides is 2. The number of hydrogen-bond donors (Lipinski definition) is 0. The number of nitrogens with zero attached hydrogens (tertiary/aromatic N) is 2. The lowest BCUT2D eigenvalue weighted by molar-refractivity contribution is -0.140. The normalized spacial score (nSPS) is 17.3. The fourth-order valence-electron chi connectivity index (χ4n) is 3.71. The highest BCUT2D eigenvalue weighted by Crippen LogP contribution is 2.33. The molecule has 1 aliphatic heterocycles. The molecule has 0 bridgehead atoms. The average molecular weight is 410 g/mol. The van der Waals surface area contributed by atoms with E-state index in [1.165, 1.54) is 6.07 Å². The monoisotopic (exact) mass is 410 g/mol. The summed E-state index contributed by atoms with van der Waals surface area (Å²) in [4.78, 5) is 28.5. The number of piperidine rings is 1. The molecule has 160 valence electrons. The van der Waals surface area contributed by atoms with Crippen LogP contribution in [0.5, 0.6) is 11.5 Å². The van der Waals surface area contributed by atoms with Crippen molar-refractivity contribution >= 4 is 11.8 Å². The van der Waals surface area contributed by atoms with Gasteiger partial charge in [-0.05, 0) is 50.3 Å². The van der Waals surface area contributed by atoms with E-state index in [4.69, 9.17) is 4.74 Å². The van der Waals surface area contributed by atoms with Crippen molar-refractivity contribution in [3.05, 3.63) is 23.8 Å². The predicted octanol–water partition coefficient (Wildman–Crippen LogP) is 3.29. The minimum absolute atomic E-state index is 0.0210. The van der Waals surface area contributed by atoms with Crippen molar-refractivity contribution < 1.29 is 27.8 Å². The number of amides is 2. The molecule has 2 fully saturated rings. The Hall–Kier alpha value is -2.38. The van der Waals surface area contributed by atoms with Crippen LogP contribution in [0.25, 0.3) is 0 Å². The number of carbonyl (C=O) groups excluding carboxylic acids is 2. The number of halogens is 2. The first-order chi connectivity index (χ1) is 13.9. The number of carbonyl (C=O) groups is 2. The molecule has 0 aromatic heterocycles. The number of rotatable bonds is 8. The van der Waals surface area contributed by atoms with Crippen LogP contribution in [0.2, 0.25) is 0 Å². The third kappa shape index (κ3) is 5.58. The van der Waals surface area contributed by atoms with Crippen LogP contribution in [0.3, 0.4) is 0 Å². The van der Waals surface area contributed by atoms with Crippen molar-refractivity contribution in [1.29, 1.82) is 0 Å². The van der Waals surface area contributed by atoms with E-state index in [9.17, 15) is 18.4 Å². The highest BCUT2D eigenvalue weighted by molar-refractivity contribution is 5.82. The zero-order valence-electron chi connectivity index (χ0n) is 16.9. The number of likely N-dealkylation sites (tertiary alicyclic amines) is 1. The van der Waals surface area contributed by atoms with Crippen LogP contribution in [0.1, 0.15) is 38.2 Å². The molecule has 0 radical (unpaired) electrons. The van der Waals surface area contributed by atoms with E-state index in [-0.39, 0.29) is 35.1 Å². The summed E-state index contributed by atoms with van der Waals surface area (Å²) in [7, 11) is 1.73. The molecule has 0 N–H and O–H groups in total. The SMILES string of the molecule is CCOc1cc(CN(C)C(=O)C2CCN(C(=O)C3CC3)CC2)ccc1OC(F)F. The Bertz CT molecular complexity index is 731. The standard InChI is InChI=1S/C21H28F2N2O4/c1-3-28-18-12-14(4-7-17(18)29-21(22)23)13-24(2)19(26)16-8-10-25(11-9-16)20(27)15-5-6-15/h4,7,12,15-16,21H,3,5-6,8-11,13H2,1-2H3. The Morgan fingerprint density at radius 3 is 2.41 bits per heavy atom. The average Bonchev–Trinajstić information content (AvgIpc) is 3.54. The molecule has 3 rings (SSSR count). The molecule has 8 heteroatoms. The number of hydrogen-bond acceptors (Lipinski definition) is 4. The first kappa shape index (κ1) is 21.3. The second kappa shape index (κ2) is 9.41. The van der Waals surface area contributed by atoms with Gasteiger partial charge in [-0.25, -0.2) is 0 Å². The van der Waals surface area contributed by atoms with Crippen LogP contribution in [0, 0.1) is 11.8 Å². The van der Waals surface area contributed by atoms with E-state index < -0.39 is 6.61 Å². The van der Waals surface area contributed by atoms with E-state index in [0.29, 0.717) is 39.1 Å². The van der Waals surface area contributed by atoms with Crippen LogP contribution in [0.4, 0.5) is 8.78 Å². The fourth-order valence-corrected chi connectivity index (χ4v) is 3.71. The Kier molecular flexibility index (Phi) is 6.92. The molecule has 1 saturated carbocycles. The van der Waals surface area contributed by atoms with Gasteiger partial charge in [0.05, 0.1) is 6.61 Å². The summed E-state index contributed by atoms with van der Waals surface area (Å²) in [6, 6.07) is 4.72. The Balaban J connectivity index is 1.56. The van der Waals surface area contributed by atoms with Crippen LogP contribution in [0.15, 0.2) is 18.2 Å². The van der Waals surface area contributed by atoms with Gasteiger partial charge in [0.25, 0.3) is 0 Å². The summed E-state index contributed by atoms with van der Waals surface area (Å²) in [6.45, 7) is 0.753. The molecule has 0 unspecified atom stereocenters. The Morgan fingerprint density at radius 2 is 1.83 bits per heavy atom. The molecule has 1 heterocycles. The minimum atomic E-state index is -2.93. The fraction of sp³-hybridized carbons (Fsp3) is 0.619. The van der Waals surface area contributed by atoms with Crippen LogP contribution < -0.4 is 9.47 Å². The van der Waals surface area contributed by atoms with Gasteiger partial charge in [-0.15, -0.1) is 0 Å². The Labute approximate surface area is 169 Å². The third-order valence-corrected chi connectivity index (χ3v) is 5.40. The summed E-state index contributed by atoms with van der Waals surface area (Å²) in [5.41, 5.74) is 0.771. The zero-order chi connectivity index (χ0) is 21.0. The van der Waals surface area contributed by atoms with E-state index in [2.05, 4.69) is 4.74 Å². The maximum Gasteiger partial charge on any atom is 0.387 e. The van der Waals surface area contributed by atoms with Crippen LogP contribution >= 0.6 is 0 Å². The van der Waals surface area contributed by atoms with Gasteiger partial charge in [-0.1, -0.05) is 6.07 Å². The number of benzene rings is 1. The van der Waals surface area contributed by atoms with Gasteiger partial charge in [0, 0.05) is 38.5 Å². The van der Waals surface area contributed by atoms with Crippen molar-refractivity contribution in [2.45, 2.75) is 45.8 Å². The maximum absolute atomic E-state index is 12.8.